The van der Waals surface area contributed by atoms with Crippen LogP contribution in [0.3, 0.4) is 0 Å². The topological polar surface area (TPSA) is 58.2 Å². The minimum Gasteiger partial charge on any atom is -0.349 e. The van der Waals surface area contributed by atoms with Crippen molar-refractivity contribution in [1.29, 1.82) is 0 Å². The van der Waals surface area contributed by atoms with Gasteiger partial charge in [-0.1, -0.05) is 17.7 Å². The van der Waals surface area contributed by atoms with E-state index in [0.29, 0.717) is 0 Å². The van der Waals surface area contributed by atoms with E-state index in [1.54, 1.807) is 17.8 Å². The van der Waals surface area contributed by atoms with Gasteiger partial charge in [0.05, 0.1) is 17.5 Å². The predicted octanol–water partition coefficient (Wildman–Crippen LogP) is 4.16. The maximum absolute atomic E-state index is 13.5. The van der Waals surface area contributed by atoms with Gasteiger partial charge in [-0.2, -0.15) is 0 Å². The van der Waals surface area contributed by atoms with Crippen molar-refractivity contribution in [3.63, 3.8) is 0 Å². The first-order valence-corrected chi connectivity index (χ1v) is 10.8. The molecule has 7 heteroatoms. The maximum Gasteiger partial charge on any atom is 0.234 e. The molecular formula is C20H21FN2O2S2. The number of halogens is 1. The Kier molecular flexibility index (Phi) is 6.79. The summed E-state index contributed by atoms with van der Waals surface area (Å²) in [5.41, 5.74) is 2.71. The summed E-state index contributed by atoms with van der Waals surface area (Å²) in [6, 6.07) is 12.1. The molecule has 27 heavy (non-hydrogen) atoms. The highest BCUT2D eigenvalue weighted by molar-refractivity contribution is 8.00. The largest absolute Gasteiger partial charge is 0.349 e. The molecule has 0 aromatic heterocycles. The van der Waals surface area contributed by atoms with Crippen LogP contribution in [0.5, 0.6) is 0 Å². The van der Waals surface area contributed by atoms with Gasteiger partial charge < -0.3 is 10.6 Å². The molecule has 2 N–H and O–H groups in total. The smallest absolute Gasteiger partial charge is 0.234 e. The van der Waals surface area contributed by atoms with Gasteiger partial charge in [0.25, 0.3) is 0 Å². The zero-order chi connectivity index (χ0) is 19.2. The van der Waals surface area contributed by atoms with Gasteiger partial charge in [-0.15, -0.1) is 23.5 Å². The van der Waals surface area contributed by atoms with Crippen LogP contribution in [-0.4, -0.2) is 29.1 Å². The Morgan fingerprint density at radius 1 is 1.15 bits per heavy atom. The lowest BCUT2D eigenvalue weighted by atomic mass is 10.0. The number of carbonyl (C=O) groups is 2. The second-order valence-electron chi connectivity index (χ2n) is 6.35. The number of amides is 2. The van der Waals surface area contributed by atoms with Crippen molar-refractivity contribution in [2.75, 3.05) is 22.6 Å². The van der Waals surface area contributed by atoms with Crippen molar-refractivity contribution in [2.45, 2.75) is 24.3 Å². The molecule has 2 amide bonds. The number of carbonyl (C=O) groups excluding carboxylic acids is 2. The molecule has 4 nitrogen and oxygen atoms in total. The standard InChI is InChI=1S/C20H21FN2O2S2/c1-13-2-5-15(6-3-13)22-19(24)11-26-12-20(25)23-17-8-9-27-18-7-4-14(21)10-16(17)18/h2-7,10,17H,8-9,11-12H2,1H3,(H,22,24)(H,23,25). The van der Waals surface area contributed by atoms with Gasteiger partial charge in [0, 0.05) is 16.3 Å². The molecular weight excluding hydrogens is 383 g/mol. The maximum atomic E-state index is 13.5. The van der Waals surface area contributed by atoms with Crippen molar-refractivity contribution in [3.8, 4) is 0 Å². The van der Waals surface area contributed by atoms with E-state index in [2.05, 4.69) is 10.6 Å². The number of thioether (sulfide) groups is 2. The van der Waals surface area contributed by atoms with E-state index in [4.69, 9.17) is 0 Å². The van der Waals surface area contributed by atoms with E-state index in [0.717, 1.165) is 33.9 Å². The predicted molar refractivity (Wildman–Crippen MR) is 110 cm³/mol. The van der Waals surface area contributed by atoms with Gasteiger partial charge in [0.2, 0.25) is 11.8 Å². The summed E-state index contributed by atoms with van der Waals surface area (Å²) in [4.78, 5) is 25.2. The summed E-state index contributed by atoms with van der Waals surface area (Å²) in [7, 11) is 0. The Morgan fingerprint density at radius 3 is 2.67 bits per heavy atom. The molecule has 0 fully saturated rings. The van der Waals surface area contributed by atoms with Crippen LogP contribution >= 0.6 is 23.5 Å². The molecule has 1 unspecified atom stereocenters. The molecule has 0 saturated heterocycles. The average molecular weight is 405 g/mol. The van der Waals surface area contributed by atoms with E-state index in [-0.39, 0.29) is 35.2 Å². The van der Waals surface area contributed by atoms with Crippen LogP contribution in [0.4, 0.5) is 10.1 Å². The normalized spacial score (nSPS) is 15.7. The molecule has 1 aliphatic rings. The Bertz CT molecular complexity index is 827. The van der Waals surface area contributed by atoms with E-state index in [1.165, 1.54) is 23.9 Å². The molecule has 0 bridgehead atoms. The number of benzene rings is 2. The Labute approximate surface area is 166 Å². The molecule has 0 saturated carbocycles. The first-order valence-electron chi connectivity index (χ1n) is 8.67. The molecule has 2 aromatic rings. The summed E-state index contributed by atoms with van der Waals surface area (Å²) < 4.78 is 13.5. The minimum absolute atomic E-state index is 0.141. The van der Waals surface area contributed by atoms with Crippen molar-refractivity contribution in [1.82, 2.24) is 5.32 Å². The van der Waals surface area contributed by atoms with Crippen LogP contribution in [0, 0.1) is 12.7 Å². The molecule has 1 aliphatic heterocycles. The van der Waals surface area contributed by atoms with Gasteiger partial charge in [-0.05, 0) is 49.2 Å². The summed E-state index contributed by atoms with van der Waals surface area (Å²) >= 11 is 2.94. The highest BCUT2D eigenvalue weighted by Crippen LogP contribution is 2.36. The van der Waals surface area contributed by atoms with Crippen molar-refractivity contribution in [3.05, 3.63) is 59.4 Å². The minimum atomic E-state index is -0.294. The molecule has 0 radical (unpaired) electrons. The first-order chi connectivity index (χ1) is 13.0. The highest BCUT2D eigenvalue weighted by atomic mass is 32.2. The number of nitrogens with one attached hydrogen (secondary N) is 2. The summed E-state index contributed by atoms with van der Waals surface area (Å²) in [5.74, 6) is 0.698. The first kappa shape index (κ1) is 19.8. The number of aryl methyl sites for hydroxylation is 1. The number of hydrogen-bond donors (Lipinski definition) is 2. The third kappa shape index (κ3) is 5.74. The van der Waals surface area contributed by atoms with E-state index in [1.807, 2.05) is 31.2 Å². The molecule has 142 valence electrons. The summed E-state index contributed by atoms with van der Waals surface area (Å²) in [5, 5.41) is 5.77. The second-order valence-corrected chi connectivity index (χ2v) is 8.47. The lowest BCUT2D eigenvalue weighted by Gasteiger charge is -2.26. The average Bonchev–Trinajstić information content (AvgIpc) is 2.64. The Morgan fingerprint density at radius 2 is 1.89 bits per heavy atom. The molecule has 3 rings (SSSR count). The monoisotopic (exact) mass is 404 g/mol. The van der Waals surface area contributed by atoms with Crippen LogP contribution in [0.1, 0.15) is 23.6 Å². The van der Waals surface area contributed by atoms with Gasteiger partial charge in [0.15, 0.2) is 0 Å². The van der Waals surface area contributed by atoms with Crippen LogP contribution in [0.2, 0.25) is 0 Å². The van der Waals surface area contributed by atoms with Crippen LogP contribution in [-0.2, 0) is 9.59 Å². The van der Waals surface area contributed by atoms with Gasteiger partial charge in [-0.25, -0.2) is 4.39 Å². The van der Waals surface area contributed by atoms with Crippen LogP contribution in [0.25, 0.3) is 0 Å². The van der Waals surface area contributed by atoms with E-state index >= 15 is 0 Å². The molecule has 1 atom stereocenters. The van der Waals surface area contributed by atoms with Gasteiger partial charge in [0.1, 0.15) is 5.82 Å². The number of fused-ring (bicyclic) bond motifs is 1. The van der Waals surface area contributed by atoms with Crippen molar-refractivity contribution >= 4 is 41.0 Å². The quantitative estimate of drug-likeness (QED) is 0.759. The van der Waals surface area contributed by atoms with Crippen LogP contribution in [0.15, 0.2) is 47.4 Å². The molecule has 0 spiro atoms. The number of rotatable bonds is 6. The fourth-order valence-corrected chi connectivity index (χ4v) is 4.56. The number of hydrogen-bond acceptors (Lipinski definition) is 4. The molecule has 1 heterocycles. The molecule has 2 aromatic carbocycles. The van der Waals surface area contributed by atoms with E-state index in [9.17, 15) is 14.0 Å². The lowest BCUT2D eigenvalue weighted by molar-refractivity contribution is -0.119. The van der Waals surface area contributed by atoms with Gasteiger partial charge >= 0.3 is 0 Å². The lowest BCUT2D eigenvalue weighted by Crippen LogP contribution is -2.32. The SMILES string of the molecule is Cc1ccc(NC(=O)CSCC(=O)NC2CCSc3ccc(F)cc32)cc1. The van der Waals surface area contributed by atoms with Crippen molar-refractivity contribution in [2.24, 2.45) is 0 Å². The van der Waals surface area contributed by atoms with Gasteiger partial charge in [-0.3, -0.25) is 9.59 Å². The third-order valence-electron chi connectivity index (χ3n) is 4.15. The summed E-state index contributed by atoms with van der Waals surface area (Å²) in [6.07, 6.45) is 0.769. The highest BCUT2D eigenvalue weighted by Gasteiger charge is 2.22. The summed E-state index contributed by atoms with van der Waals surface area (Å²) in [6.45, 7) is 1.98. The zero-order valence-corrected chi connectivity index (χ0v) is 16.6. The number of anilines is 1. The fraction of sp³-hybridized carbons (Fsp3) is 0.300. The second kappa shape index (κ2) is 9.28. The Hall–Kier alpha value is -1.99. The zero-order valence-electron chi connectivity index (χ0n) is 15.0. The van der Waals surface area contributed by atoms with E-state index < -0.39 is 0 Å². The Balaban J connectivity index is 1.44. The third-order valence-corrected chi connectivity index (χ3v) is 6.20. The van der Waals surface area contributed by atoms with Crippen LogP contribution < -0.4 is 10.6 Å². The van der Waals surface area contributed by atoms with Crippen molar-refractivity contribution < 1.29 is 14.0 Å². The fourth-order valence-electron chi connectivity index (χ4n) is 2.82. The molecule has 0 aliphatic carbocycles.